The van der Waals surface area contributed by atoms with E-state index in [1.54, 1.807) is 12.3 Å². The number of esters is 2. The number of hydrogen-bond acceptors (Lipinski definition) is 10. The number of piperidine rings is 1. The molecule has 1 aliphatic carbocycles. The predicted molar refractivity (Wildman–Crippen MR) is 202 cm³/mol. The number of aryl methyl sites for hydroxylation is 1. The van der Waals surface area contributed by atoms with Gasteiger partial charge in [-0.25, -0.2) is 9.78 Å². The molecule has 0 bridgehead atoms. The highest BCUT2D eigenvalue weighted by Crippen LogP contribution is 2.43. The van der Waals surface area contributed by atoms with Gasteiger partial charge in [-0.15, -0.1) is 0 Å². The lowest BCUT2D eigenvalue weighted by Gasteiger charge is -2.36. The van der Waals surface area contributed by atoms with Gasteiger partial charge in [0, 0.05) is 31.0 Å². The maximum absolute atomic E-state index is 14.3. The van der Waals surface area contributed by atoms with E-state index in [0.29, 0.717) is 42.8 Å². The van der Waals surface area contributed by atoms with Crippen molar-refractivity contribution in [2.24, 2.45) is 5.92 Å². The molecule has 1 aliphatic heterocycles. The number of benzene rings is 2. The van der Waals surface area contributed by atoms with Crippen LogP contribution in [0.1, 0.15) is 99.3 Å². The fourth-order valence-electron chi connectivity index (χ4n) is 7.07. The van der Waals surface area contributed by atoms with Gasteiger partial charge < -0.3 is 24.4 Å². The number of nitrogens with one attached hydrogen (secondary N) is 2. The molecule has 1 saturated heterocycles. The van der Waals surface area contributed by atoms with Gasteiger partial charge in [0.1, 0.15) is 18.3 Å². The second-order valence-corrected chi connectivity index (χ2v) is 14.7. The molecule has 2 atom stereocenters. The first-order valence-corrected chi connectivity index (χ1v) is 18.3. The number of ether oxygens (including phenoxy) is 3. The molecule has 12 heteroatoms. The summed E-state index contributed by atoms with van der Waals surface area (Å²) in [7, 11) is 0. The molecule has 2 N–H and O–H groups in total. The Bertz CT molecular complexity index is 2010. The van der Waals surface area contributed by atoms with Gasteiger partial charge in [-0.1, -0.05) is 49.4 Å². The van der Waals surface area contributed by atoms with Gasteiger partial charge in [0.05, 0.1) is 40.9 Å². The SMILES string of the molecule is CCc1ccc2cc(NC(=O)OCc3ccccc3)c(C(=O)Nc3cnc4c(c3N3CCC[C@H](CC(=O)OC(C)(C)C)C3)CCC4OC(C)=O)nc2c1. The first-order chi connectivity index (χ1) is 25.4. The Morgan fingerprint density at radius 3 is 2.49 bits per heavy atom. The van der Waals surface area contributed by atoms with Crippen molar-refractivity contribution in [3.8, 4) is 0 Å². The van der Waals surface area contributed by atoms with Crippen LogP contribution in [-0.4, -0.2) is 52.6 Å². The number of hydrogen-bond donors (Lipinski definition) is 2. The van der Waals surface area contributed by atoms with E-state index in [4.69, 9.17) is 24.2 Å². The highest BCUT2D eigenvalue weighted by molar-refractivity contribution is 6.11. The summed E-state index contributed by atoms with van der Waals surface area (Å²) in [6.07, 6.45) is 4.25. The average molecular weight is 722 g/mol. The molecule has 0 radical (unpaired) electrons. The number of fused-ring (bicyclic) bond motifs is 2. The molecule has 2 aromatic heterocycles. The molecule has 4 aromatic rings. The van der Waals surface area contributed by atoms with Gasteiger partial charge in [-0.2, -0.15) is 0 Å². The smallest absolute Gasteiger partial charge is 0.412 e. The number of nitrogens with zero attached hydrogens (tertiary/aromatic N) is 3. The first kappa shape index (κ1) is 37.2. The highest BCUT2D eigenvalue weighted by atomic mass is 16.6. The fourth-order valence-corrected chi connectivity index (χ4v) is 7.07. The second-order valence-electron chi connectivity index (χ2n) is 14.7. The van der Waals surface area contributed by atoms with Crippen molar-refractivity contribution in [2.45, 2.75) is 91.5 Å². The minimum Gasteiger partial charge on any atom is -0.460 e. The van der Waals surface area contributed by atoms with Crippen LogP contribution < -0.4 is 15.5 Å². The number of rotatable bonds is 10. The Morgan fingerprint density at radius 2 is 1.75 bits per heavy atom. The summed E-state index contributed by atoms with van der Waals surface area (Å²) in [5, 5.41) is 6.56. The molecule has 3 heterocycles. The van der Waals surface area contributed by atoms with Gasteiger partial charge in [0.25, 0.3) is 5.91 Å². The van der Waals surface area contributed by atoms with E-state index in [1.807, 2.05) is 76.2 Å². The lowest BCUT2D eigenvalue weighted by molar-refractivity contribution is -0.156. The van der Waals surface area contributed by atoms with E-state index in [2.05, 4.69) is 15.5 Å². The predicted octanol–water partition coefficient (Wildman–Crippen LogP) is 7.69. The van der Waals surface area contributed by atoms with Crippen LogP contribution in [0.5, 0.6) is 0 Å². The zero-order chi connectivity index (χ0) is 37.7. The summed E-state index contributed by atoms with van der Waals surface area (Å²) < 4.78 is 16.7. The molecule has 2 aliphatic rings. The van der Waals surface area contributed by atoms with Crippen LogP contribution in [0, 0.1) is 5.92 Å². The fraction of sp³-hybridized carbons (Fsp3) is 0.415. The topological polar surface area (TPSA) is 149 Å². The standard InChI is InChI=1S/C41H47N5O7/c1-6-26-14-15-29-21-32(45-40(50)51-24-27-11-8-7-9-12-27)37(43-31(29)19-26)39(49)44-33-22-42-36-30(16-17-34(36)52-25(2)47)38(33)46-18-10-13-28(23-46)20-35(48)53-41(3,4)5/h7-9,11-12,14-15,19,21-22,28,34H,6,10,13,16-18,20,23-24H2,1-5H3,(H,44,49)(H,45,50)/t28-,34?/m1/s1. The zero-order valence-electron chi connectivity index (χ0n) is 31.0. The van der Waals surface area contributed by atoms with Crippen LogP contribution in [0.2, 0.25) is 0 Å². The Kier molecular flexibility index (Phi) is 11.3. The Balaban J connectivity index is 1.33. The number of pyridine rings is 2. The van der Waals surface area contributed by atoms with E-state index >= 15 is 0 Å². The van der Waals surface area contributed by atoms with Gasteiger partial charge in [0.2, 0.25) is 0 Å². The normalized spacial score (nSPS) is 16.8. The van der Waals surface area contributed by atoms with Gasteiger partial charge in [-0.3, -0.25) is 24.7 Å². The minimum absolute atomic E-state index is 0.00750. The summed E-state index contributed by atoms with van der Waals surface area (Å²) in [5.74, 6) is -1.16. The van der Waals surface area contributed by atoms with Crippen LogP contribution in [0.15, 0.2) is 60.8 Å². The molecule has 1 unspecified atom stereocenters. The van der Waals surface area contributed by atoms with E-state index in [0.717, 1.165) is 47.0 Å². The van der Waals surface area contributed by atoms with Crippen molar-refractivity contribution in [3.63, 3.8) is 0 Å². The zero-order valence-corrected chi connectivity index (χ0v) is 31.0. The summed E-state index contributed by atoms with van der Waals surface area (Å²) in [4.78, 5) is 63.8. The van der Waals surface area contributed by atoms with E-state index < -0.39 is 29.7 Å². The van der Waals surface area contributed by atoms with Gasteiger partial charge >= 0.3 is 18.0 Å². The van der Waals surface area contributed by atoms with Gasteiger partial charge in [0.15, 0.2) is 5.69 Å². The second kappa shape index (κ2) is 16.0. The van der Waals surface area contributed by atoms with Crippen LogP contribution >= 0.6 is 0 Å². The molecule has 53 heavy (non-hydrogen) atoms. The molecular formula is C41H47N5O7. The molecule has 6 rings (SSSR count). The Morgan fingerprint density at radius 1 is 0.962 bits per heavy atom. The third kappa shape index (κ3) is 9.29. The van der Waals surface area contributed by atoms with Crippen molar-refractivity contribution < 1.29 is 33.4 Å². The van der Waals surface area contributed by atoms with E-state index in [9.17, 15) is 19.2 Å². The Hall–Kier alpha value is -5.52. The van der Waals surface area contributed by atoms with Crippen molar-refractivity contribution in [3.05, 3.63) is 88.9 Å². The van der Waals surface area contributed by atoms with Crippen LogP contribution in [0.3, 0.4) is 0 Å². The highest BCUT2D eigenvalue weighted by Gasteiger charge is 2.35. The maximum Gasteiger partial charge on any atom is 0.412 e. The molecule has 12 nitrogen and oxygen atoms in total. The first-order valence-electron chi connectivity index (χ1n) is 18.3. The third-order valence-electron chi connectivity index (χ3n) is 9.37. The molecule has 0 spiro atoms. The number of carbonyl (C=O) groups is 4. The van der Waals surface area contributed by atoms with Crippen molar-refractivity contribution in [2.75, 3.05) is 28.6 Å². The van der Waals surface area contributed by atoms with Crippen LogP contribution in [0.25, 0.3) is 10.9 Å². The summed E-state index contributed by atoms with van der Waals surface area (Å²) in [6, 6.07) is 16.9. The number of aromatic nitrogens is 2. The van der Waals surface area contributed by atoms with E-state index in [-0.39, 0.29) is 36.3 Å². The molecule has 2 aromatic carbocycles. The lowest BCUT2D eigenvalue weighted by atomic mass is 9.93. The molecule has 2 amide bonds. The maximum atomic E-state index is 14.3. The average Bonchev–Trinajstić information content (AvgIpc) is 3.51. The molecule has 278 valence electrons. The van der Waals surface area contributed by atoms with Gasteiger partial charge in [-0.05, 0) is 82.1 Å². The van der Waals surface area contributed by atoms with Crippen molar-refractivity contribution in [1.82, 2.24) is 9.97 Å². The Labute approximate surface area is 309 Å². The monoisotopic (exact) mass is 721 g/mol. The minimum atomic E-state index is -0.727. The summed E-state index contributed by atoms with van der Waals surface area (Å²) >= 11 is 0. The number of carbonyl (C=O) groups excluding carboxylic acids is 4. The van der Waals surface area contributed by atoms with Crippen LogP contribution in [-0.2, 0) is 43.2 Å². The summed E-state index contributed by atoms with van der Waals surface area (Å²) in [6.45, 7) is 10.3. The number of anilines is 3. The molecular weight excluding hydrogens is 674 g/mol. The van der Waals surface area contributed by atoms with Crippen molar-refractivity contribution in [1.29, 1.82) is 0 Å². The summed E-state index contributed by atoms with van der Waals surface area (Å²) in [5.41, 5.74) is 4.87. The van der Waals surface area contributed by atoms with E-state index in [1.165, 1.54) is 6.92 Å². The molecule has 1 fully saturated rings. The van der Waals surface area contributed by atoms with Crippen LogP contribution in [0.4, 0.5) is 21.9 Å². The van der Waals surface area contributed by atoms with Crippen molar-refractivity contribution >= 4 is 51.9 Å². The lowest BCUT2D eigenvalue weighted by Crippen LogP contribution is -2.38. The quantitative estimate of drug-likeness (QED) is 0.123. The number of amides is 2. The largest absolute Gasteiger partial charge is 0.460 e. The molecule has 0 saturated carbocycles. The third-order valence-corrected chi connectivity index (χ3v) is 9.37.